The highest BCUT2D eigenvalue weighted by atomic mass is 79.9. The van der Waals surface area contributed by atoms with E-state index in [-0.39, 0.29) is 0 Å². The molecule has 0 aliphatic heterocycles. The highest BCUT2D eigenvalue weighted by molar-refractivity contribution is 9.10. The Labute approximate surface area is 199 Å². The Balaban J connectivity index is 1.43. The molecule has 162 valence electrons. The lowest BCUT2D eigenvalue weighted by molar-refractivity contribution is 0.296. The number of hydrogen-bond donors (Lipinski definition) is 0. The lowest BCUT2D eigenvalue weighted by Crippen LogP contribution is -1.99. The molecule has 1 aromatic heterocycles. The second-order valence-corrected chi connectivity index (χ2v) is 8.34. The molecule has 0 spiro atoms. The molecule has 32 heavy (non-hydrogen) atoms. The molecule has 0 saturated heterocycles. The summed E-state index contributed by atoms with van der Waals surface area (Å²) in [5.74, 6) is 2.54. The van der Waals surface area contributed by atoms with E-state index in [9.17, 15) is 0 Å². The van der Waals surface area contributed by atoms with Crippen molar-refractivity contribution in [3.05, 3.63) is 105 Å². The summed E-state index contributed by atoms with van der Waals surface area (Å²) in [5.41, 5.74) is 2.96. The fourth-order valence-corrected chi connectivity index (χ4v) is 3.45. The number of benzene rings is 3. The topological polar surface area (TPSA) is 57.4 Å². The zero-order valence-corrected chi connectivity index (χ0v) is 19.6. The maximum Gasteiger partial charge on any atom is 0.240 e. The predicted molar refractivity (Wildman–Crippen MR) is 129 cm³/mol. The van der Waals surface area contributed by atoms with Crippen LogP contribution < -0.4 is 9.47 Å². The summed E-state index contributed by atoms with van der Waals surface area (Å²) >= 11 is 9.35. The fraction of sp³-hybridized carbons (Fsp3) is 0.120. The molecular formula is C25H20BrClN2O3. The van der Waals surface area contributed by atoms with E-state index in [0.29, 0.717) is 29.8 Å². The van der Waals surface area contributed by atoms with Gasteiger partial charge in [-0.25, -0.2) is 0 Å². The van der Waals surface area contributed by atoms with Crippen molar-refractivity contribution in [1.29, 1.82) is 0 Å². The van der Waals surface area contributed by atoms with E-state index in [1.807, 2.05) is 72.8 Å². The lowest BCUT2D eigenvalue weighted by atomic mass is 10.1. The molecule has 4 rings (SSSR count). The molecule has 5 nitrogen and oxygen atoms in total. The van der Waals surface area contributed by atoms with Crippen molar-refractivity contribution in [2.24, 2.45) is 0 Å². The number of rotatable bonds is 8. The average molecular weight is 512 g/mol. The third-order valence-corrected chi connectivity index (χ3v) is 5.46. The van der Waals surface area contributed by atoms with Gasteiger partial charge in [-0.3, -0.25) is 0 Å². The van der Waals surface area contributed by atoms with Crippen molar-refractivity contribution in [3.8, 4) is 11.5 Å². The first-order valence-corrected chi connectivity index (χ1v) is 11.1. The third-order valence-electron chi connectivity index (χ3n) is 4.68. The van der Waals surface area contributed by atoms with Gasteiger partial charge in [-0.15, -0.1) is 10.2 Å². The highest BCUT2D eigenvalue weighted by Crippen LogP contribution is 2.24. The first kappa shape index (κ1) is 22.1. The Morgan fingerprint density at radius 3 is 2.50 bits per heavy atom. The van der Waals surface area contributed by atoms with E-state index in [1.165, 1.54) is 0 Å². The third kappa shape index (κ3) is 5.99. The predicted octanol–water partition coefficient (Wildman–Crippen LogP) is 6.83. The van der Waals surface area contributed by atoms with Crippen LogP contribution in [0.1, 0.15) is 28.5 Å². The van der Waals surface area contributed by atoms with Gasteiger partial charge in [0.2, 0.25) is 11.8 Å². The van der Waals surface area contributed by atoms with Gasteiger partial charge in [0.05, 0.1) is 13.5 Å². The molecular weight excluding hydrogens is 492 g/mol. The first-order valence-electron chi connectivity index (χ1n) is 9.89. The molecule has 0 fully saturated rings. The van der Waals surface area contributed by atoms with Crippen molar-refractivity contribution in [2.75, 3.05) is 7.11 Å². The van der Waals surface area contributed by atoms with Gasteiger partial charge in [0.25, 0.3) is 0 Å². The maximum absolute atomic E-state index is 5.93. The van der Waals surface area contributed by atoms with Crippen LogP contribution in [0.5, 0.6) is 11.5 Å². The summed E-state index contributed by atoms with van der Waals surface area (Å²) in [6.07, 6.45) is 4.26. The Bertz CT molecular complexity index is 1200. The zero-order chi connectivity index (χ0) is 22.3. The van der Waals surface area contributed by atoms with Crippen LogP contribution in [-0.4, -0.2) is 17.3 Å². The first-order chi connectivity index (χ1) is 15.6. The van der Waals surface area contributed by atoms with Crippen LogP contribution in [0, 0.1) is 0 Å². The number of halogens is 2. The van der Waals surface area contributed by atoms with E-state index in [0.717, 1.165) is 32.7 Å². The fourth-order valence-electron chi connectivity index (χ4n) is 3.06. The Morgan fingerprint density at radius 1 is 0.969 bits per heavy atom. The Kier molecular flexibility index (Phi) is 7.24. The van der Waals surface area contributed by atoms with Crippen LogP contribution in [0.2, 0.25) is 5.02 Å². The molecule has 0 radical (unpaired) electrons. The minimum Gasteiger partial charge on any atom is -0.496 e. The number of aromatic nitrogens is 2. The van der Waals surface area contributed by atoms with E-state index in [4.69, 9.17) is 25.5 Å². The van der Waals surface area contributed by atoms with Gasteiger partial charge in [-0.05, 0) is 65.7 Å². The molecule has 0 aliphatic carbocycles. The second-order valence-electron chi connectivity index (χ2n) is 6.98. The van der Waals surface area contributed by atoms with Gasteiger partial charge in [0, 0.05) is 21.1 Å². The molecule has 0 saturated carbocycles. The second kappa shape index (κ2) is 10.5. The van der Waals surface area contributed by atoms with Crippen LogP contribution in [0.25, 0.3) is 12.2 Å². The van der Waals surface area contributed by atoms with Crippen molar-refractivity contribution in [2.45, 2.75) is 13.0 Å². The van der Waals surface area contributed by atoms with E-state index in [1.54, 1.807) is 13.2 Å². The number of ether oxygens (including phenoxy) is 2. The quantitative estimate of drug-likeness (QED) is 0.259. The van der Waals surface area contributed by atoms with Crippen molar-refractivity contribution in [3.63, 3.8) is 0 Å². The average Bonchev–Trinajstić information content (AvgIpc) is 3.26. The molecule has 0 atom stereocenters. The van der Waals surface area contributed by atoms with Crippen molar-refractivity contribution in [1.82, 2.24) is 10.2 Å². The molecule has 1 heterocycles. The molecule has 0 N–H and O–H groups in total. The normalized spacial score (nSPS) is 11.1. The van der Waals surface area contributed by atoms with Gasteiger partial charge >= 0.3 is 0 Å². The monoisotopic (exact) mass is 510 g/mol. The van der Waals surface area contributed by atoms with Gasteiger partial charge in [0.1, 0.15) is 18.1 Å². The van der Waals surface area contributed by atoms with Crippen LogP contribution in [0.3, 0.4) is 0 Å². The zero-order valence-electron chi connectivity index (χ0n) is 17.3. The summed E-state index contributed by atoms with van der Waals surface area (Å²) in [5, 5.41) is 8.92. The summed E-state index contributed by atoms with van der Waals surface area (Å²) in [6.45, 7) is 0.387. The van der Waals surface area contributed by atoms with Gasteiger partial charge in [0.15, 0.2) is 0 Å². The molecule has 0 amide bonds. The highest BCUT2D eigenvalue weighted by Gasteiger charge is 2.07. The van der Waals surface area contributed by atoms with E-state index < -0.39 is 0 Å². The van der Waals surface area contributed by atoms with Crippen molar-refractivity contribution >= 4 is 39.7 Å². The minimum absolute atomic E-state index is 0.387. The van der Waals surface area contributed by atoms with Gasteiger partial charge < -0.3 is 13.9 Å². The number of methoxy groups -OCH3 is 1. The smallest absolute Gasteiger partial charge is 0.240 e. The molecule has 4 aromatic rings. The summed E-state index contributed by atoms with van der Waals surface area (Å²) in [7, 11) is 1.65. The number of nitrogens with zero attached hydrogens (tertiary/aromatic N) is 2. The largest absolute Gasteiger partial charge is 0.496 e. The Morgan fingerprint density at radius 2 is 1.75 bits per heavy atom. The SMILES string of the molecule is COc1ccc(/C=C\c2nnc(Cc3ccc(Cl)cc3)o2)cc1COc1ccc(Br)cc1. The van der Waals surface area contributed by atoms with Crippen molar-refractivity contribution < 1.29 is 13.9 Å². The van der Waals surface area contributed by atoms with Gasteiger partial charge in [-0.2, -0.15) is 0 Å². The molecule has 7 heteroatoms. The van der Waals surface area contributed by atoms with Crippen LogP contribution in [-0.2, 0) is 13.0 Å². The van der Waals surface area contributed by atoms with Crippen LogP contribution >= 0.6 is 27.5 Å². The van der Waals surface area contributed by atoms with E-state index in [2.05, 4.69) is 26.1 Å². The van der Waals surface area contributed by atoms with Crippen LogP contribution in [0.4, 0.5) is 0 Å². The summed E-state index contributed by atoms with van der Waals surface area (Å²) in [4.78, 5) is 0. The van der Waals surface area contributed by atoms with Gasteiger partial charge in [-0.1, -0.05) is 45.7 Å². The molecule has 0 unspecified atom stereocenters. The lowest BCUT2D eigenvalue weighted by Gasteiger charge is -2.11. The standard InChI is InChI=1S/C25H20BrClN2O3/c1-30-23-12-4-17(14-19(23)16-31-22-10-6-20(26)7-11-22)5-13-24-28-29-25(32-24)15-18-2-8-21(27)9-3-18/h2-14H,15-16H2,1H3/b13-5-. The Hall–Kier alpha value is -3.09. The van der Waals surface area contributed by atoms with Crippen LogP contribution in [0.15, 0.2) is 75.6 Å². The van der Waals surface area contributed by atoms with E-state index >= 15 is 0 Å². The minimum atomic E-state index is 0.387. The summed E-state index contributed by atoms with van der Waals surface area (Å²) < 4.78 is 18.1. The maximum atomic E-state index is 5.93. The molecule has 0 bridgehead atoms. The number of hydrogen-bond acceptors (Lipinski definition) is 5. The molecule has 3 aromatic carbocycles. The summed E-state index contributed by atoms with van der Waals surface area (Å²) in [6, 6.07) is 21.2. The molecule has 0 aliphatic rings.